The molecule has 1 heterocycles. The van der Waals surface area contributed by atoms with Crippen LogP contribution in [0.15, 0.2) is 60.8 Å². The molecule has 0 fully saturated rings. The van der Waals surface area contributed by atoms with E-state index >= 15 is 0 Å². The summed E-state index contributed by atoms with van der Waals surface area (Å²) in [6, 6.07) is 16.0. The van der Waals surface area contributed by atoms with Gasteiger partial charge in [0.2, 0.25) is 5.91 Å². The lowest BCUT2D eigenvalue weighted by Gasteiger charge is -2.19. The van der Waals surface area contributed by atoms with Gasteiger partial charge in [0.1, 0.15) is 17.8 Å². The summed E-state index contributed by atoms with van der Waals surface area (Å²) in [5, 5.41) is 14.4. The molecular weight excluding hydrogens is 458 g/mol. The Kier molecular flexibility index (Phi) is 6.79. The average Bonchev–Trinajstić information content (AvgIpc) is 3.12. The largest absolute Gasteiger partial charge is 0.481 e. The number of anilines is 1. The first-order chi connectivity index (χ1) is 16.3. The molecule has 4 rings (SSSR count). The minimum absolute atomic E-state index is 0.0431. The van der Waals surface area contributed by atoms with Crippen molar-refractivity contribution in [1.29, 1.82) is 0 Å². The first kappa shape index (κ1) is 23.3. The van der Waals surface area contributed by atoms with E-state index in [1.807, 2.05) is 48.5 Å². The number of amides is 2. The van der Waals surface area contributed by atoms with Crippen molar-refractivity contribution < 1.29 is 24.2 Å². The molecule has 1 atom stereocenters. The van der Waals surface area contributed by atoms with E-state index in [1.165, 1.54) is 6.20 Å². The van der Waals surface area contributed by atoms with Crippen LogP contribution in [0.2, 0.25) is 5.15 Å². The summed E-state index contributed by atoms with van der Waals surface area (Å²) >= 11 is 5.83. The number of aryl methyl sites for hydroxylation is 1. The van der Waals surface area contributed by atoms with Crippen LogP contribution >= 0.6 is 11.6 Å². The Morgan fingerprint density at radius 1 is 1.09 bits per heavy atom. The number of nitrogens with one attached hydrogen (secondary N) is 2. The van der Waals surface area contributed by atoms with Crippen molar-refractivity contribution >= 4 is 35.3 Å². The minimum Gasteiger partial charge on any atom is -0.481 e. The van der Waals surface area contributed by atoms with Gasteiger partial charge in [0.25, 0.3) is 0 Å². The zero-order valence-corrected chi connectivity index (χ0v) is 19.0. The van der Waals surface area contributed by atoms with Crippen LogP contribution in [-0.2, 0) is 14.3 Å². The fourth-order valence-electron chi connectivity index (χ4n) is 4.04. The molecular formula is C25H22ClN3O5. The number of nitrogens with zero attached hydrogens (tertiary/aromatic N) is 1. The van der Waals surface area contributed by atoms with Gasteiger partial charge in [-0.1, -0.05) is 60.1 Å². The van der Waals surface area contributed by atoms with Crippen LogP contribution in [0.1, 0.15) is 29.0 Å². The van der Waals surface area contributed by atoms with E-state index in [2.05, 4.69) is 15.6 Å². The molecule has 9 heteroatoms. The van der Waals surface area contributed by atoms with Gasteiger partial charge in [-0.25, -0.2) is 9.78 Å². The molecule has 2 amide bonds. The van der Waals surface area contributed by atoms with Crippen molar-refractivity contribution in [2.75, 3.05) is 11.9 Å². The Balaban J connectivity index is 1.43. The Bertz CT molecular complexity index is 1220. The smallest absolute Gasteiger partial charge is 0.407 e. The van der Waals surface area contributed by atoms with Crippen molar-refractivity contribution in [3.63, 3.8) is 0 Å². The van der Waals surface area contributed by atoms with Crippen molar-refractivity contribution in [2.24, 2.45) is 0 Å². The predicted octanol–water partition coefficient (Wildman–Crippen LogP) is 4.36. The lowest BCUT2D eigenvalue weighted by Crippen LogP contribution is -2.45. The molecule has 0 radical (unpaired) electrons. The number of alkyl carbamates (subject to hydrolysis) is 1. The second-order valence-electron chi connectivity index (χ2n) is 7.93. The molecule has 0 aliphatic heterocycles. The summed E-state index contributed by atoms with van der Waals surface area (Å²) in [7, 11) is 0. The number of aromatic nitrogens is 1. The molecule has 0 saturated heterocycles. The number of fused-ring (bicyclic) bond motifs is 3. The van der Waals surface area contributed by atoms with Gasteiger partial charge in [-0.3, -0.25) is 9.59 Å². The van der Waals surface area contributed by atoms with E-state index in [-0.39, 0.29) is 17.7 Å². The van der Waals surface area contributed by atoms with Gasteiger partial charge in [-0.15, -0.1) is 0 Å². The molecule has 34 heavy (non-hydrogen) atoms. The minimum atomic E-state index is -1.34. The number of aliphatic carboxylic acids is 1. The summed E-state index contributed by atoms with van der Waals surface area (Å²) in [5.74, 6) is -2.11. The second-order valence-corrected chi connectivity index (χ2v) is 8.32. The molecule has 1 aliphatic rings. The molecule has 1 aromatic heterocycles. The van der Waals surface area contributed by atoms with Gasteiger partial charge >= 0.3 is 12.1 Å². The maximum absolute atomic E-state index is 12.7. The first-order valence-electron chi connectivity index (χ1n) is 10.6. The Hall–Kier alpha value is -3.91. The number of benzene rings is 2. The van der Waals surface area contributed by atoms with Crippen LogP contribution in [0.4, 0.5) is 10.5 Å². The summed E-state index contributed by atoms with van der Waals surface area (Å²) in [6.45, 7) is 1.76. The van der Waals surface area contributed by atoms with E-state index in [9.17, 15) is 19.5 Å². The highest BCUT2D eigenvalue weighted by Crippen LogP contribution is 2.44. The zero-order chi connectivity index (χ0) is 24.2. The number of carbonyl (C=O) groups excluding carboxylic acids is 2. The first-order valence-corrected chi connectivity index (χ1v) is 11.0. The second kappa shape index (κ2) is 9.93. The van der Waals surface area contributed by atoms with Gasteiger partial charge in [0.05, 0.1) is 18.3 Å². The van der Waals surface area contributed by atoms with Crippen molar-refractivity contribution in [3.05, 3.63) is 82.6 Å². The summed E-state index contributed by atoms with van der Waals surface area (Å²) < 4.78 is 5.44. The quantitative estimate of drug-likeness (QED) is 0.433. The Morgan fingerprint density at radius 2 is 1.71 bits per heavy atom. The third-order valence-corrected chi connectivity index (χ3v) is 5.87. The van der Waals surface area contributed by atoms with Gasteiger partial charge in [0.15, 0.2) is 0 Å². The molecule has 0 bridgehead atoms. The molecule has 2 aromatic carbocycles. The molecule has 3 aromatic rings. The van der Waals surface area contributed by atoms with Crippen LogP contribution in [-0.4, -0.2) is 40.7 Å². The zero-order valence-electron chi connectivity index (χ0n) is 18.2. The molecule has 3 N–H and O–H groups in total. The van der Waals surface area contributed by atoms with E-state index in [0.717, 1.165) is 22.3 Å². The number of carboxylic acid groups (broad SMARTS) is 1. The van der Waals surface area contributed by atoms with E-state index in [0.29, 0.717) is 11.3 Å². The van der Waals surface area contributed by atoms with Crippen molar-refractivity contribution in [1.82, 2.24) is 10.3 Å². The fraction of sp³-hybridized carbons (Fsp3) is 0.200. The number of ether oxygens (including phenoxy) is 1. The summed E-state index contributed by atoms with van der Waals surface area (Å²) in [5.41, 5.74) is 5.26. The van der Waals surface area contributed by atoms with E-state index < -0.39 is 30.4 Å². The maximum atomic E-state index is 12.7. The maximum Gasteiger partial charge on any atom is 0.407 e. The van der Waals surface area contributed by atoms with Gasteiger partial charge < -0.3 is 20.5 Å². The molecule has 0 saturated carbocycles. The lowest BCUT2D eigenvalue weighted by molar-refractivity contribution is -0.139. The number of halogens is 1. The molecule has 1 aliphatic carbocycles. The molecule has 8 nitrogen and oxygen atoms in total. The highest BCUT2D eigenvalue weighted by molar-refractivity contribution is 6.29. The van der Waals surface area contributed by atoms with Crippen molar-refractivity contribution in [3.8, 4) is 11.1 Å². The van der Waals surface area contributed by atoms with Crippen LogP contribution < -0.4 is 10.6 Å². The van der Waals surface area contributed by atoms with E-state index in [4.69, 9.17) is 16.3 Å². The molecule has 174 valence electrons. The Labute approximate surface area is 200 Å². The van der Waals surface area contributed by atoms with Crippen LogP contribution in [0, 0.1) is 6.92 Å². The average molecular weight is 480 g/mol. The summed E-state index contributed by atoms with van der Waals surface area (Å²) in [6.07, 6.45) is -0.134. The van der Waals surface area contributed by atoms with Crippen LogP contribution in [0.5, 0.6) is 0 Å². The number of pyridine rings is 1. The standard InChI is InChI=1S/C25H22ClN3O5/c1-14-10-22(26)27-12-21(14)28-24(32)20(11-23(30)31)29-25(33)34-13-19-17-8-4-2-6-15(17)16-7-3-5-9-18(16)19/h2-10,12,19-20H,11,13H2,1H3,(H,28,32)(H,29,33)(H,30,31). The SMILES string of the molecule is Cc1cc(Cl)ncc1NC(=O)C(CC(=O)O)NC(=O)OCC1c2ccccc2-c2ccccc21. The van der Waals surface area contributed by atoms with Crippen LogP contribution in [0.3, 0.4) is 0 Å². The lowest BCUT2D eigenvalue weighted by atomic mass is 9.98. The number of carbonyl (C=O) groups is 3. The fourth-order valence-corrected chi connectivity index (χ4v) is 4.25. The number of hydrogen-bond acceptors (Lipinski definition) is 5. The predicted molar refractivity (Wildman–Crippen MR) is 127 cm³/mol. The number of rotatable bonds is 7. The van der Waals surface area contributed by atoms with Crippen LogP contribution in [0.25, 0.3) is 11.1 Å². The van der Waals surface area contributed by atoms with Gasteiger partial charge in [0, 0.05) is 5.92 Å². The highest BCUT2D eigenvalue weighted by atomic mass is 35.5. The Morgan fingerprint density at radius 3 is 2.29 bits per heavy atom. The third-order valence-electron chi connectivity index (χ3n) is 5.67. The monoisotopic (exact) mass is 479 g/mol. The van der Waals surface area contributed by atoms with Crippen molar-refractivity contribution in [2.45, 2.75) is 25.3 Å². The van der Waals surface area contributed by atoms with Gasteiger partial charge in [-0.05, 0) is 40.8 Å². The molecule has 0 spiro atoms. The number of carboxylic acids is 1. The van der Waals surface area contributed by atoms with E-state index in [1.54, 1.807) is 13.0 Å². The highest BCUT2D eigenvalue weighted by Gasteiger charge is 2.30. The topological polar surface area (TPSA) is 118 Å². The number of hydrogen-bond donors (Lipinski definition) is 3. The van der Waals surface area contributed by atoms with Gasteiger partial charge in [-0.2, -0.15) is 0 Å². The molecule has 1 unspecified atom stereocenters. The third kappa shape index (κ3) is 5.02. The normalized spacial score (nSPS) is 12.9. The summed E-state index contributed by atoms with van der Waals surface area (Å²) in [4.78, 5) is 40.5.